The molecule has 0 saturated carbocycles. The van der Waals surface area contributed by atoms with Crippen LogP contribution >= 0.6 is 0 Å². The minimum Gasteiger partial charge on any atom is -0.372 e. The third-order valence-electron chi connectivity index (χ3n) is 5.23. The minimum absolute atomic E-state index is 0.0168. The second-order valence-electron chi connectivity index (χ2n) is 7.06. The molecular weight excluding hydrogens is 336 g/mol. The Morgan fingerprint density at radius 1 is 1.00 bits per heavy atom. The molecule has 0 aliphatic carbocycles. The predicted molar refractivity (Wildman–Crippen MR) is 107 cm³/mol. The van der Waals surface area contributed by atoms with Gasteiger partial charge in [0.25, 0.3) is 5.91 Å². The first-order valence-corrected chi connectivity index (χ1v) is 9.40. The summed E-state index contributed by atoms with van der Waals surface area (Å²) in [7, 11) is 0. The van der Waals surface area contributed by atoms with Crippen LogP contribution in [0.5, 0.6) is 0 Å². The number of hydrogen-bond acceptors (Lipinski definition) is 3. The second-order valence-corrected chi connectivity index (χ2v) is 7.06. The first kappa shape index (κ1) is 17.7. The van der Waals surface area contributed by atoms with Gasteiger partial charge in [-0.05, 0) is 34.9 Å². The summed E-state index contributed by atoms with van der Waals surface area (Å²) < 4.78 is 6.06. The maximum Gasteiger partial charge on any atom is 0.254 e. The summed E-state index contributed by atoms with van der Waals surface area (Å²) in [5.41, 5.74) is 7.80. The Morgan fingerprint density at radius 3 is 2.52 bits per heavy atom. The first-order valence-electron chi connectivity index (χ1n) is 9.40. The molecule has 4 rings (SSSR count). The van der Waals surface area contributed by atoms with Crippen molar-refractivity contribution in [2.24, 2.45) is 5.73 Å². The molecule has 0 unspecified atom stereocenters. The molecule has 4 nitrogen and oxygen atoms in total. The van der Waals surface area contributed by atoms with Gasteiger partial charge in [0.1, 0.15) is 0 Å². The molecule has 1 aliphatic rings. The minimum atomic E-state index is 0.0168. The third-order valence-corrected chi connectivity index (χ3v) is 5.23. The Morgan fingerprint density at radius 2 is 1.74 bits per heavy atom. The highest BCUT2D eigenvalue weighted by Gasteiger charge is 2.35. The number of nitrogens with zero attached hydrogens (tertiary/aromatic N) is 1. The fraction of sp³-hybridized carbons (Fsp3) is 0.261. The maximum atomic E-state index is 13.1. The number of hydrogen-bond donors (Lipinski definition) is 1. The van der Waals surface area contributed by atoms with Gasteiger partial charge in [-0.25, -0.2) is 0 Å². The number of amides is 1. The molecule has 1 amide bonds. The molecule has 138 valence electrons. The highest BCUT2D eigenvalue weighted by atomic mass is 16.5. The van der Waals surface area contributed by atoms with E-state index in [1.165, 1.54) is 0 Å². The van der Waals surface area contributed by atoms with Gasteiger partial charge in [0.2, 0.25) is 0 Å². The number of benzene rings is 3. The maximum absolute atomic E-state index is 13.1. The number of rotatable bonds is 5. The summed E-state index contributed by atoms with van der Waals surface area (Å²) in [5.74, 6) is 0.0296. The largest absolute Gasteiger partial charge is 0.372 e. The van der Waals surface area contributed by atoms with Crippen molar-refractivity contribution < 1.29 is 9.53 Å². The van der Waals surface area contributed by atoms with Crippen molar-refractivity contribution in [3.8, 4) is 0 Å². The molecule has 3 aromatic rings. The Hall–Kier alpha value is -2.69. The Labute approximate surface area is 159 Å². The SMILES string of the molecule is NC[C@H]1C[C@@H](OCc2ccccc2)CN1C(=O)c1ccc2ccccc2c1. The fourth-order valence-corrected chi connectivity index (χ4v) is 3.74. The van der Waals surface area contributed by atoms with Gasteiger partial charge in [-0.1, -0.05) is 60.7 Å². The molecule has 1 heterocycles. The number of carbonyl (C=O) groups is 1. The van der Waals surface area contributed by atoms with E-state index in [-0.39, 0.29) is 18.1 Å². The highest BCUT2D eigenvalue weighted by Crippen LogP contribution is 2.24. The van der Waals surface area contributed by atoms with Crippen LogP contribution in [0.4, 0.5) is 0 Å². The number of likely N-dealkylation sites (tertiary alicyclic amines) is 1. The summed E-state index contributed by atoms with van der Waals surface area (Å²) >= 11 is 0. The Kier molecular flexibility index (Phi) is 5.19. The number of ether oxygens (including phenoxy) is 1. The molecule has 0 aromatic heterocycles. The van der Waals surface area contributed by atoms with E-state index in [4.69, 9.17) is 10.5 Å². The lowest BCUT2D eigenvalue weighted by molar-refractivity contribution is 0.0437. The van der Waals surface area contributed by atoms with Gasteiger partial charge < -0.3 is 15.4 Å². The van der Waals surface area contributed by atoms with Crippen LogP contribution < -0.4 is 5.73 Å². The van der Waals surface area contributed by atoms with Crippen LogP contribution in [0, 0.1) is 0 Å². The topological polar surface area (TPSA) is 55.6 Å². The molecule has 4 heteroatoms. The van der Waals surface area contributed by atoms with Crippen molar-refractivity contribution in [3.05, 3.63) is 83.9 Å². The third kappa shape index (κ3) is 3.87. The summed E-state index contributed by atoms with van der Waals surface area (Å²) in [4.78, 5) is 15.0. The molecule has 2 N–H and O–H groups in total. The van der Waals surface area contributed by atoms with E-state index in [1.807, 2.05) is 71.6 Å². The van der Waals surface area contributed by atoms with Crippen molar-refractivity contribution in [3.63, 3.8) is 0 Å². The van der Waals surface area contributed by atoms with Gasteiger partial charge in [0.15, 0.2) is 0 Å². The monoisotopic (exact) mass is 360 g/mol. The lowest BCUT2D eigenvalue weighted by Gasteiger charge is -2.23. The van der Waals surface area contributed by atoms with Crippen LogP contribution in [-0.2, 0) is 11.3 Å². The van der Waals surface area contributed by atoms with E-state index in [2.05, 4.69) is 6.07 Å². The van der Waals surface area contributed by atoms with Crippen LogP contribution in [0.25, 0.3) is 10.8 Å². The van der Waals surface area contributed by atoms with E-state index in [9.17, 15) is 4.79 Å². The fourth-order valence-electron chi connectivity index (χ4n) is 3.74. The molecule has 2 atom stereocenters. The average molecular weight is 360 g/mol. The summed E-state index contributed by atoms with van der Waals surface area (Å²) in [6.45, 7) is 1.59. The summed E-state index contributed by atoms with van der Waals surface area (Å²) in [6, 6.07) is 24.1. The molecule has 3 aromatic carbocycles. The zero-order chi connectivity index (χ0) is 18.6. The van der Waals surface area contributed by atoms with Gasteiger partial charge in [-0.15, -0.1) is 0 Å². The first-order chi connectivity index (χ1) is 13.2. The van der Waals surface area contributed by atoms with Crippen LogP contribution in [0.2, 0.25) is 0 Å². The Balaban J connectivity index is 1.47. The molecule has 1 aliphatic heterocycles. The number of nitrogens with two attached hydrogens (primary N) is 1. The zero-order valence-corrected chi connectivity index (χ0v) is 15.3. The lowest BCUT2D eigenvalue weighted by atomic mass is 10.1. The van der Waals surface area contributed by atoms with Crippen LogP contribution in [0.1, 0.15) is 22.3 Å². The van der Waals surface area contributed by atoms with Crippen LogP contribution in [0.3, 0.4) is 0 Å². The van der Waals surface area contributed by atoms with Gasteiger partial charge in [0, 0.05) is 24.7 Å². The average Bonchev–Trinajstić information content (AvgIpc) is 3.15. The molecule has 27 heavy (non-hydrogen) atoms. The van der Waals surface area contributed by atoms with Crippen molar-refractivity contribution in [2.75, 3.05) is 13.1 Å². The van der Waals surface area contributed by atoms with Gasteiger partial charge in [-0.2, -0.15) is 0 Å². The highest BCUT2D eigenvalue weighted by molar-refractivity contribution is 5.98. The quantitative estimate of drug-likeness (QED) is 0.756. The van der Waals surface area contributed by atoms with E-state index in [1.54, 1.807) is 0 Å². The summed E-state index contributed by atoms with van der Waals surface area (Å²) in [5, 5.41) is 2.21. The van der Waals surface area contributed by atoms with E-state index in [0.717, 1.165) is 22.8 Å². The van der Waals surface area contributed by atoms with Gasteiger partial charge in [0.05, 0.1) is 12.7 Å². The predicted octanol–water partition coefficient (Wildman–Crippen LogP) is 3.60. The summed E-state index contributed by atoms with van der Waals surface area (Å²) in [6.07, 6.45) is 0.797. The van der Waals surface area contributed by atoms with Crippen molar-refractivity contribution in [1.29, 1.82) is 0 Å². The molecule has 0 bridgehead atoms. The molecule has 1 fully saturated rings. The van der Waals surface area contributed by atoms with Gasteiger partial charge in [-0.3, -0.25) is 4.79 Å². The smallest absolute Gasteiger partial charge is 0.254 e. The van der Waals surface area contributed by atoms with Crippen LogP contribution in [0.15, 0.2) is 72.8 Å². The molecule has 0 radical (unpaired) electrons. The normalized spacial score (nSPS) is 19.5. The van der Waals surface area contributed by atoms with Crippen molar-refractivity contribution in [2.45, 2.75) is 25.2 Å². The van der Waals surface area contributed by atoms with E-state index < -0.39 is 0 Å². The Bertz CT molecular complexity index is 926. The number of carbonyl (C=O) groups excluding carboxylic acids is 1. The van der Waals surface area contributed by atoms with Crippen LogP contribution in [-0.4, -0.2) is 36.0 Å². The molecule has 1 saturated heterocycles. The van der Waals surface area contributed by atoms with Gasteiger partial charge >= 0.3 is 0 Å². The van der Waals surface area contributed by atoms with E-state index >= 15 is 0 Å². The molecular formula is C23H24N2O2. The second kappa shape index (κ2) is 7.91. The zero-order valence-electron chi connectivity index (χ0n) is 15.3. The molecule has 0 spiro atoms. The lowest BCUT2D eigenvalue weighted by Crippen LogP contribution is -2.40. The van der Waals surface area contributed by atoms with Crippen molar-refractivity contribution >= 4 is 16.7 Å². The van der Waals surface area contributed by atoms with E-state index in [0.29, 0.717) is 25.3 Å². The number of fused-ring (bicyclic) bond motifs is 1. The standard InChI is InChI=1S/C23H24N2O2/c24-14-21-13-22(27-16-17-6-2-1-3-7-17)15-25(21)23(26)20-11-10-18-8-4-5-9-19(18)12-20/h1-12,21-22H,13-16,24H2/t21-,22-/m1/s1. The van der Waals surface area contributed by atoms with Crippen molar-refractivity contribution in [1.82, 2.24) is 4.90 Å².